The first kappa shape index (κ1) is 19.0. The van der Waals surface area contributed by atoms with E-state index in [1.54, 1.807) is 6.07 Å². The van der Waals surface area contributed by atoms with Crippen LogP contribution in [0.4, 0.5) is 18.9 Å². The van der Waals surface area contributed by atoms with E-state index in [9.17, 15) is 22.8 Å². The van der Waals surface area contributed by atoms with Gasteiger partial charge in [0.25, 0.3) is 5.91 Å². The van der Waals surface area contributed by atoms with Crippen LogP contribution in [-0.4, -0.2) is 23.5 Å². The van der Waals surface area contributed by atoms with Crippen molar-refractivity contribution in [1.29, 1.82) is 5.26 Å². The average Bonchev–Trinajstić information content (AvgIpc) is 2.50. The molecular weight excluding hydrogens is 327 g/mol. The summed E-state index contributed by atoms with van der Waals surface area (Å²) in [6.45, 7) is 0.198. The molecule has 1 aromatic carbocycles. The van der Waals surface area contributed by atoms with Gasteiger partial charge in [-0.25, -0.2) is 0 Å². The molecule has 6 nitrogen and oxygen atoms in total. The second kappa shape index (κ2) is 8.57. The number of nitriles is 1. The van der Waals surface area contributed by atoms with E-state index in [0.29, 0.717) is 0 Å². The Morgan fingerprint density at radius 2 is 1.96 bits per heavy atom. The van der Waals surface area contributed by atoms with Crippen molar-refractivity contribution < 1.29 is 27.9 Å². The summed E-state index contributed by atoms with van der Waals surface area (Å²) < 4.78 is 38.5. The minimum Gasteiger partial charge on any atom is -0.481 e. The standard InChI is InChI=1S/C15H14F3N3O3/c16-15(17,18)11-4-1-2-5-12(11)21-14(24)10(8-19)9-20-7-3-6-13(22)23/h1-2,4-5,9,20H,3,6-7H2,(H,21,24)(H,22,23)/b10-9-. The minimum atomic E-state index is -4.64. The van der Waals surface area contributed by atoms with Crippen LogP contribution in [0.3, 0.4) is 0 Å². The van der Waals surface area contributed by atoms with Crippen LogP contribution in [0.5, 0.6) is 0 Å². The zero-order chi connectivity index (χ0) is 18.2. The Morgan fingerprint density at radius 3 is 2.54 bits per heavy atom. The molecule has 128 valence electrons. The van der Waals surface area contributed by atoms with Gasteiger partial charge in [-0.05, 0) is 18.6 Å². The van der Waals surface area contributed by atoms with Crippen LogP contribution in [0.1, 0.15) is 18.4 Å². The quantitative estimate of drug-likeness (QED) is 0.402. The summed E-state index contributed by atoms with van der Waals surface area (Å²) in [6, 6.07) is 5.97. The maximum absolute atomic E-state index is 12.8. The van der Waals surface area contributed by atoms with Crippen LogP contribution in [0.15, 0.2) is 36.0 Å². The molecule has 0 atom stereocenters. The summed E-state index contributed by atoms with van der Waals surface area (Å²) in [6.07, 6.45) is -3.43. The molecule has 0 heterocycles. The summed E-state index contributed by atoms with van der Waals surface area (Å²) in [7, 11) is 0. The molecule has 0 aromatic heterocycles. The molecule has 1 aromatic rings. The zero-order valence-electron chi connectivity index (χ0n) is 12.4. The van der Waals surface area contributed by atoms with Crippen molar-refractivity contribution in [3.05, 3.63) is 41.6 Å². The van der Waals surface area contributed by atoms with E-state index in [0.717, 1.165) is 18.3 Å². The number of carboxylic acid groups (broad SMARTS) is 1. The molecule has 1 rings (SSSR count). The largest absolute Gasteiger partial charge is 0.481 e. The average molecular weight is 341 g/mol. The van der Waals surface area contributed by atoms with Gasteiger partial charge in [-0.15, -0.1) is 0 Å². The lowest BCUT2D eigenvalue weighted by atomic mass is 10.1. The fraction of sp³-hybridized carbons (Fsp3) is 0.267. The van der Waals surface area contributed by atoms with Gasteiger partial charge in [-0.1, -0.05) is 12.1 Å². The third-order valence-corrected chi connectivity index (χ3v) is 2.80. The predicted octanol–water partition coefficient (Wildman–Crippen LogP) is 2.51. The van der Waals surface area contributed by atoms with Crippen LogP contribution in [0.25, 0.3) is 0 Å². The minimum absolute atomic E-state index is 0.0894. The van der Waals surface area contributed by atoms with Crippen LogP contribution >= 0.6 is 0 Å². The number of halogens is 3. The number of nitrogens with zero attached hydrogens (tertiary/aromatic N) is 1. The lowest BCUT2D eigenvalue weighted by Gasteiger charge is -2.13. The third kappa shape index (κ3) is 6.00. The highest BCUT2D eigenvalue weighted by Crippen LogP contribution is 2.34. The lowest BCUT2D eigenvalue weighted by Crippen LogP contribution is -2.19. The highest BCUT2D eigenvalue weighted by atomic mass is 19.4. The molecule has 0 aliphatic heterocycles. The molecule has 24 heavy (non-hydrogen) atoms. The number of benzene rings is 1. The van der Waals surface area contributed by atoms with E-state index in [4.69, 9.17) is 10.4 Å². The van der Waals surface area contributed by atoms with Crippen molar-refractivity contribution in [2.45, 2.75) is 19.0 Å². The van der Waals surface area contributed by atoms with Crippen molar-refractivity contribution in [1.82, 2.24) is 5.32 Å². The summed E-state index contributed by atoms with van der Waals surface area (Å²) >= 11 is 0. The number of nitrogens with one attached hydrogen (secondary N) is 2. The molecule has 0 radical (unpaired) electrons. The number of amides is 1. The van der Waals surface area contributed by atoms with E-state index in [1.807, 2.05) is 5.32 Å². The fourth-order valence-electron chi connectivity index (χ4n) is 1.69. The molecule has 0 aliphatic rings. The van der Waals surface area contributed by atoms with Gasteiger partial charge in [-0.2, -0.15) is 18.4 Å². The molecule has 0 saturated carbocycles. The number of carbonyl (C=O) groups excluding carboxylic acids is 1. The maximum Gasteiger partial charge on any atom is 0.418 e. The molecule has 0 aliphatic carbocycles. The van der Waals surface area contributed by atoms with Crippen LogP contribution in [-0.2, 0) is 15.8 Å². The summed E-state index contributed by atoms with van der Waals surface area (Å²) in [5.41, 5.74) is -1.91. The number of carbonyl (C=O) groups is 2. The third-order valence-electron chi connectivity index (χ3n) is 2.80. The number of hydrogen-bond acceptors (Lipinski definition) is 4. The SMILES string of the molecule is N#C/C(=C/NCCCC(=O)O)C(=O)Nc1ccccc1C(F)(F)F. The number of carboxylic acids is 1. The molecule has 0 saturated heterocycles. The van der Waals surface area contributed by atoms with E-state index >= 15 is 0 Å². The highest BCUT2D eigenvalue weighted by Gasteiger charge is 2.33. The maximum atomic E-state index is 12.8. The zero-order valence-corrected chi connectivity index (χ0v) is 12.4. The second-order valence-corrected chi connectivity index (χ2v) is 4.62. The van der Waals surface area contributed by atoms with Gasteiger partial charge in [0.15, 0.2) is 0 Å². The van der Waals surface area contributed by atoms with Gasteiger partial charge >= 0.3 is 12.1 Å². The van der Waals surface area contributed by atoms with Gasteiger partial charge in [0, 0.05) is 19.2 Å². The fourth-order valence-corrected chi connectivity index (χ4v) is 1.69. The monoisotopic (exact) mass is 341 g/mol. The first-order valence-corrected chi connectivity index (χ1v) is 6.78. The second-order valence-electron chi connectivity index (χ2n) is 4.62. The number of rotatable bonds is 7. The van der Waals surface area contributed by atoms with Crippen molar-refractivity contribution in [2.75, 3.05) is 11.9 Å². The molecule has 0 fully saturated rings. The highest BCUT2D eigenvalue weighted by molar-refractivity contribution is 6.06. The lowest BCUT2D eigenvalue weighted by molar-refractivity contribution is -0.138. The molecule has 1 amide bonds. The van der Waals surface area contributed by atoms with E-state index in [-0.39, 0.29) is 19.4 Å². The van der Waals surface area contributed by atoms with Crippen LogP contribution < -0.4 is 10.6 Å². The molecule has 0 spiro atoms. The van der Waals surface area contributed by atoms with Crippen LogP contribution in [0, 0.1) is 11.3 Å². The predicted molar refractivity (Wildman–Crippen MR) is 78.6 cm³/mol. The number of anilines is 1. The van der Waals surface area contributed by atoms with Crippen molar-refractivity contribution in [2.24, 2.45) is 0 Å². The summed E-state index contributed by atoms with van der Waals surface area (Å²) in [5.74, 6) is -1.98. The summed E-state index contributed by atoms with van der Waals surface area (Å²) in [5, 5.41) is 22.0. The number of hydrogen-bond donors (Lipinski definition) is 3. The Bertz CT molecular complexity index is 679. The van der Waals surface area contributed by atoms with E-state index < -0.39 is 34.9 Å². The Kier molecular flexibility index (Phi) is 6.79. The molecule has 0 unspecified atom stereocenters. The topological polar surface area (TPSA) is 102 Å². The number of para-hydroxylation sites is 1. The summed E-state index contributed by atoms with van der Waals surface area (Å²) in [4.78, 5) is 22.2. The first-order valence-electron chi connectivity index (χ1n) is 6.78. The normalized spacial score (nSPS) is 11.5. The Balaban J connectivity index is 2.75. The Hall–Kier alpha value is -3.02. The number of alkyl halides is 3. The van der Waals surface area contributed by atoms with E-state index in [2.05, 4.69) is 5.32 Å². The molecule has 3 N–H and O–H groups in total. The molecule has 9 heteroatoms. The van der Waals surface area contributed by atoms with Crippen molar-refractivity contribution in [3.63, 3.8) is 0 Å². The Labute approximate surface area is 135 Å². The molecule has 0 bridgehead atoms. The van der Waals surface area contributed by atoms with Gasteiger partial charge in [-0.3, -0.25) is 9.59 Å². The smallest absolute Gasteiger partial charge is 0.418 e. The van der Waals surface area contributed by atoms with Gasteiger partial charge in [0.05, 0.1) is 11.3 Å². The van der Waals surface area contributed by atoms with Gasteiger partial charge in [0.2, 0.25) is 0 Å². The van der Waals surface area contributed by atoms with Crippen molar-refractivity contribution in [3.8, 4) is 6.07 Å². The van der Waals surface area contributed by atoms with Crippen molar-refractivity contribution >= 4 is 17.6 Å². The number of aliphatic carboxylic acids is 1. The van der Waals surface area contributed by atoms with Gasteiger partial charge < -0.3 is 15.7 Å². The van der Waals surface area contributed by atoms with Crippen LogP contribution in [0.2, 0.25) is 0 Å². The molecular formula is C15H14F3N3O3. The first-order chi connectivity index (χ1) is 11.3. The Morgan fingerprint density at radius 1 is 1.29 bits per heavy atom. The van der Waals surface area contributed by atoms with Gasteiger partial charge in [0.1, 0.15) is 11.6 Å². The van der Waals surface area contributed by atoms with E-state index in [1.165, 1.54) is 12.1 Å².